The summed E-state index contributed by atoms with van der Waals surface area (Å²) < 4.78 is 0. The van der Waals surface area contributed by atoms with Crippen LogP contribution in [-0.4, -0.2) is 33.9 Å². The summed E-state index contributed by atoms with van der Waals surface area (Å²) in [4.78, 5) is 23.3. The predicted octanol–water partition coefficient (Wildman–Crippen LogP) is 4.01. The second-order valence-corrected chi connectivity index (χ2v) is 6.99. The van der Waals surface area contributed by atoms with Crippen LogP contribution >= 0.6 is 0 Å². The van der Waals surface area contributed by atoms with Crippen LogP contribution in [0, 0.1) is 6.92 Å². The number of benzene rings is 2. The number of hydrogen-bond donors (Lipinski definition) is 2. The van der Waals surface area contributed by atoms with Gasteiger partial charge in [0.25, 0.3) is 5.91 Å². The summed E-state index contributed by atoms with van der Waals surface area (Å²) in [5.41, 5.74) is 11.1. The van der Waals surface area contributed by atoms with E-state index in [9.17, 15) is 4.79 Å². The Morgan fingerprint density at radius 1 is 1.07 bits per heavy atom. The molecular formula is C22H23N5O. The first-order valence-corrected chi connectivity index (χ1v) is 9.47. The molecule has 0 spiro atoms. The Kier molecular flexibility index (Phi) is 4.93. The van der Waals surface area contributed by atoms with Crippen LogP contribution in [0.1, 0.15) is 28.8 Å². The number of nitrogens with one attached hydrogen (secondary N) is 1. The molecule has 6 heteroatoms. The van der Waals surface area contributed by atoms with Crippen LogP contribution in [0.4, 0.5) is 17.3 Å². The number of nitrogens with two attached hydrogens (primary N) is 1. The van der Waals surface area contributed by atoms with E-state index >= 15 is 0 Å². The first kappa shape index (κ1) is 18.0. The third kappa shape index (κ3) is 3.67. The minimum absolute atomic E-state index is 0.0967. The molecule has 0 aliphatic carbocycles. The zero-order valence-electron chi connectivity index (χ0n) is 15.9. The van der Waals surface area contributed by atoms with Crippen molar-refractivity contribution in [3.63, 3.8) is 0 Å². The molecule has 1 aromatic heterocycles. The summed E-state index contributed by atoms with van der Waals surface area (Å²) >= 11 is 0. The van der Waals surface area contributed by atoms with Crippen LogP contribution in [-0.2, 0) is 0 Å². The minimum atomic E-state index is 0.0967. The van der Waals surface area contributed by atoms with Gasteiger partial charge < -0.3 is 16.0 Å². The fraction of sp³-hybridized carbons (Fsp3) is 0.227. The zero-order chi connectivity index (χ0) is 19.5. The lowest BCUT2D eigenvalue weighted by atomic mass is 10.0. The average molecular weight is 373 g/mol. The Labute approximate surface area is 164 Å². The van der Waals surface area contributed by atoms with E-state index in [4.69, 9.17) is 5.73 Å². The number of carbonyl (C=O) groups excluding carboxylic acids is 1. The number of rotatable bonds is 4. The molecule has 28 heavy (non-hydrogen) atoms. The lowest BCUT2D eigenvalue weighted by molar-refractivity contribution is 0.0793. The quantitative estimate of drug-likeness (QED) is 0.675. The van der Waals surface area contributed by atoms with Gasteiger partial charge in [-0.3, -0.25) is 4.79 Å². The van der Waals surface area contributed by atoms with Gasteiger partial charge in [0.15, 0.2) is 0 Å². The first-order valence-electron chi connectivity index (χ1n) is 9.47. The molecule has 4 rings (SSSR count). The molecule has 2 aromatic carbocycles. The van der Waals surface area contributed by atoms with Crippen molar-refractivity contribution in [3.8, 4) is 11.3 Å². The van der Waals surface area contributed by atoms with Crippen molar-refractivity contribution in [2.45, 2.75) is 19.8 Å². The van der Waals surface area contributed by atoms with Gasteiger partial charge in [0.05, 0.1) is 5.69 Å². The van der Waals surface area contributed by atoms with Crippen LogP contribution in [0.15, 0.2) is 54.7 Å². The number of nitrogens with zero attached hydrogens (tertiary/aromatic N) is 3. The molecule has 0 saturated carbocycles. The Morgan fingerprint density at radius 2 is 1.82 bits per heavy atom. The van der Waals surface area contributed by atoms with Gasteiger partial charge in [-0.1, -0.05) is 12.1 Å². The Hall–Kier alpha value is -3.41. The molecule has 1 saturated heterocycles. The van der Waals surface area contributed by atoms with Crippen molar-refractivity contribution in [1.82, 2.24) is 14.9 Å². The smallest absolute Gasteiger partial charge is 0.253 e. The fourth-order valence-electron chi connectivity index (χ4n) is 3.43. The standard InChI is InChI=1S/C22H23N5O/c1-15-18(5-4-6-19(15)23)20-11-12-24-22(26-20)25-17-9-7-16(8-10-17)21(28)27-13-2-3-14-27/h4-12H,2-3,13-14,23H2,1H3,(H,24,25,26). The van der Waals surface area contributed by atoms with E-state index in [1.807, 2.05) is 60.4 Å². The lowest BCUT2D eigenvalue weighted by Gasteiger charge is -2.15. The number of carbonyl (C=O) groups is 1. The van der Waals surface area contributed by atoms with Crippen molar-refractivity contribution in [1.29, 1.82) is 0 Å². The SMILES string of the molecule is Cc1c(N)cccc1-c1ccnc(Nc2ccc(C(=O)N3CCCC3)cc2)n1. The number of aromatic nitrogens is 2. The number of amides is 1. The second-order valence-electron chi connectivity index (χ2n) is 6.99. The van der Waals surface area contributed by atoms with E-state index in [-0.39, 0.29) is 5.91 Å². The van der Waals surface area contributed by atoms with E-state index in [1.165, 1.54) is 0 Å². The predicted molar refractivity (Wildman–Crippen MR) is 111 cm³/mol. The number of hydrogen-bond acceptors (Lipinski definition) is 5. The third-order valence-corrected chi connectivity index (χ3v) is 5.09. The third-order valence-electron chi connectivity index (χ3n) is 5.09. The monoisotopic (exact) mass is 373 g/mol. The molecule has 0 radical (unpaired) electrons. The maximum atomic E-state index is 12.4. The molecule has 2 heterocycles. The molecule has 1 amide bonds. The highest BCUT2D eigenvalue weighted by Crippen LogP contribution is 2.26. The van der Waals surface area contributed by atoms with Crippen molar-refractivity contribution in [2.75, 3.05) is 24.1 Å². The average Bonchev–Trinajstić information content (AvgIpc) is 3.25. The molecule has 3 N–H and O–H groups in total. The summed E-state index contributed by atoms with van der Waals surface area (Å²) in [7, 11) is 0. The maximum absolute atomic E-state index is 12.4. The van der Waals surface area contributed by atoms with Crippen LogP contribution in [0.3, 0.4) is 0 Å². The molecule has 1 aliphatic rings. The second kappa shape index (κ2) is 7.68. The highest BCUT2D eigenvalue weighted by Gasteiger charge is 2.19. The fourth-order valence-corrected chi connectivity index (χ4v) is 3.43. The molecular weight excluding hydrogens is 350 g/mol. The van der Waals surface area contributed by atoms with Gasteiger partial charge in [-0.25, -0.2) is 9.97 Å². The largest absolute Gasteiger partial charge is 0.398 e. The molecule has 0 bridgehead atoms. The van der Waals surface area contributed by atoms with Crippen LogP contribution in [0.2, 0.25) is 0 Å². The number of nitrogen functional groups attached to an aromatic ring is 1. The van der Waals surface area contributed by atoms with Crippen molar-refractivity contribution >= 4 is 23.2 Å². The molecule has 6 nitrogen and oxygen atoms in total. The van der Waals surface area contributed by atoms with E-state index in [0.29, 0.717) is 11.5 Å². The Balaban J connectivity index is 1.51. The number of anilines is 3. The summed E-state index contributed by atoms with van der Waals surface area (Å²) in [5.74, 6) is 0.595. The topological polar surface area (TPSA) is 84.1 Å². The van der Waals surface area contributed by atoms with Crippen LogP contribution < -0.4 is 11.1 Å². The number of likely N-dealkylation sites (tertiary alicyclic amines) is 1. The summed E-state index contributed by atoms with van der Waals surface area (Å²) in [6, 6.07) is 15.1. The van der Waals surface area contributed by atoms with Gasteiger partial charge in [0.2, 0.25) is 5.95 Å². The van der Waals surface area contributed by atoms with Crippen molar-refractivity contribution in [2.24, 2.45) is 0 Å². The van der Waals surface area contributed by atoms with Gasteiger partial charge in [-0.2, -0.15) is 0 Å². The highest BCUT2D eigenvalue weighted by molar-refractivity contribution is 5.94. The summed E-state index contributed by atoms with van der Waals surface area (Å²) in [6.07, 6.45) is 3.90. The molecule has 1 aliphatic heterocycles. The van der Waals surface area contributed by atoms with E-state index in [1.54, 1.807) is 6.20 Å². The van der Waals surface area contributed by atoms with Crippen molar-refractivity contribution < 1.29 is 4.79 Å². The maximum Gasteiger partial charge on any atom is 0.253 e. The summed E-state index contributed by atoms with van der Waals surface area (Å²) in [5, 5.41) is 3.21. The van der Waals surface area contributed by atoms with Gasteiger partial charge in [-0.15, -0.1) is 0 Å². The molecule has 0 atom stereocenters. The molecule has 3 aromatic rings. The van der Waals surface area contributed by atoms with E-state index < -0.39 is 0 Å². The van der Waals surface area contributed by atoms with E-state index in [0.717, 1.165) is 54.1 Å². The van der Waals surface area contributed by atoms with Gasteiger partial charge >= 0.3 is 0 Å². The normalized spacial score (nSPS) is 13.5. The first-order chi connectivity index (χ1) is 13.6. The van der Waals surface area contributed by atoms with Crippen LogP contribution in [0.5, 0.6) is 0 Å². The molecule has 0 unspecified atom stereocenters. The summed E-state index contributed by atoms with van der Waals surface area (Å²) in [6.45, 7) is 3.68. The highest BCUT2D eigenvalue weighted by atomic mass is 16.2. The minimum Gasteiger partial charge on any atom is -0.398 e. The lowest BCUT2D eigenvalue weighted by Crippen LogP contribution is -2.27. The Bertz CT molecular complexity index is 994. The molecule has 1 fully saturated rings. The zero-order valence-corrected chi connectivity index (χ0v) is 15.9. The van der Waals surface area contributed by atoms with Gasteiger partial charge in [0, 0.05) is 41.8 Å². The Morgan fingerprint density at radius 3 is 2.57 bits per heavy atom. The van der Waals surface area contributed by atoms with Gasteiger partial charge in [-0.05, 0) is 61.7 Å². The van der Waals surface area contributed by atoms with Gasteiger partial charge in [0.1, 0.15) is 0 Å². The van der Waals surface area contributed by atoms with Crippen molar-refractivity contribution in [3.05, 3.63) is 65.9 Å². The van der Waals surface area contributed by atoms with Crippen LogP contribution in [0.25, 0.3) is 11.3 Å². The van der Waals surface area contributed by atoms with E-state index in [2.05, 4.69) is 15.3 Å². The molecule has 142 valence electrons.